The summed E-state index contributed by atoms with van der Waals surface area (Å²) in [6.07, 6.45) is 2.69. The van der Waals surface area contributed by atoms with Crippen molar-refractivity contribution in [2.24, 2.45) is 0 Å². The Labute approximate surface area is 123 Å². The predicted octanol–water partition coefficient (Wildman–Crippen LogP) is 1.11. The highest BCUT2D eigenvalue weighted by Crippen LogP contribution is 2.44. The van der Waals surface area contributed by atoms with E-state index in [1.165, 1.54) is 12.7 Å². The zero-order valence-electron chi connectivity index (χ0n) is 12.3. The summed E-state index contributed by atoms with van der Waals surface area (Å²) in [7, 11) is 3.88. The van der Waals surface area contributed by atoms with Crippen LogP contribution in [-0.2, 0) is 0 Å². The summed E-state index contributed by atoms with van der Waals surface area (Å²) in [4.78, 5) is 13.3. The van der Waals surface area contributed by atoms with Crippen LogP contribution in [0, 0.1) is 0 Å². The van der Waals surface area contributed by atoms with Crippen LogP contribution in [0.5, 0.6) is 5.75 Å². The monoisotopic (exact) mass is 285 g/mol. The van der Waals surface area contributed by atoms with Crippen LogP contribution < -0.4 is 15.4 Å². The van der Waals surface area contributed by atoms with Crippen molar-refractivity contribution in [2.45, 2.75) is 18.5 Å². The van der Waals surface area contributed by atoms with Crippen LogP contribution in [0.25, 0.3) is 10.9 Å². The lowest BCUT2D eigenvalue weighted by Crippen LogP contribution is -2.60. The second-order valence-corrected chi connectivity index (χ2v) is 5.83. The van der Waals surface area contributed by atoms with Crippen molar-refractivity contribution in [1.29, 1.82) is 0 Å². The summed E-state index contributed by atoms with van der Waals surface area (Å²) in [6, 6.07) is 5.08. The summed E-state index contributed by atoms with van der Waals surface area (Å²) >= 11 is 0. The lowest BCUT2D eigenvalue weighted by molar-refractivity contribution is 0.116. The number of nitrogens with two attached hydrogens (primary N) is 1. The van der Waals surface area contributed by atoms with Crippen LogP contribution in [0.1, 0.15) is 6.42 Å². The highest BCUT2D eigenvalue weighted by Gasteiger charge is 2.46. The molecule has 0 bridgehead atoms. The van der Waals surface area contributed by atoms with Gasteiger partial charge in [-0.05, 0) is 25.6 Å². The van der Waals surface area contributed by atoms with Gasteiger partial charge < -0.3 is 15.4 Å². The topological polar surface area (TPSA) is 67.5 Å². The maximum absolute atomic E-state index is 6.13. The Hall–Kier alpha value is -2.08. The zero-order chi connectivity index (χ0) is 14.6. The van der Waals surface area contributed by atoms with Gasteiger partial charge in [0.2, 0.25) is 0 Å². The molecule has 6 nitrogen and oxygen atoms in total. The van der Waals surface area contributed by atoms with Crippen molar-refractivity contribution < 1.29 is 4.74 Å². The molecule has 1 aromatic heterocycles. The minimum Gasteiger partial charge on any atom is -0.495 e. The molecule has 2 aliphatic heterocycles. The Bertz CT molecular complexity index is 704. The number of nitrogen functional groups attached to an aromatic ring is 1. The molecule has 21 heavy (non-hydrogen) atoms. The number of nitrogens with zero attached hydrogens (tertiary/aromatic N) is 4. The quantitative estimate of drug-likeness (QED) is 0.891. The fraction of sp³-hybridized carbons (Fsp3) is 0.467. The Morgan fingerprint density at radius 2 is 2.14 bits per heavy atom. The molecule has 4 rings (SSSR count). The van der Waals surface area contributed by atoms with Gasteiger partial charge in [-0.3, -0.25) is 4.90 Å². The molecule has 3 heterocycles. The van der Waals surface area contributed by atoms with E-state index in [1.807, 2.05) is 12.1 Å². The van der Waals surface area contributed by atoms with Crippen LogP contribution >= 0.6 is 0 Å². The summed E-state index contributed by atoms with van der Waals surface area (Å²) in [5.74, 6) is 1.37. The largest absolute Gasteiger partial charge is 0.495 e. The molecule has 0 aliphatic carbocycles. The number of likely N-dealkylation sites (tertiary alicyclic amines) is 1. The molecule has 2 aromatic rings. The predicted molar refractivity (Wildman–Crippen MR) is 82.7 cm³/mol. The third-order valence-electron chi connectivity index (χ3n) is 4.83. The number of aromatic nitrogens is 2. The number of rotatable bonds is 2. The molecule has 2 atom stereocenters. The second kappa shape index (κ2) is 4.46. The molecule has 2 saturated heterocycles. The van der Waals surface area contributed by atoms with Crippen molar-refractivity contribution in [1.82, 2.24) is 14.9 Å². The molecular weight excluding hydrogens is 266 g/mol. The average Bonchev–Trinajstić information content (AvgIpc) is 2.83. The number of methoxy groups -OCH3 is 1. The Balaban J connectivity index is 1.90. The van der Waals surface area contributed by atoms with Crippen molar-refractivity contribution in [2.75, 3.05) is 37.9 Å². The number of hydrogen-bond acceptors (Lipinski definition) is 6. The minimum absolute atomic E-state index is 0.519. The molecule has 110 valence electrons. The standard InChI is InChI=1S/C15H19N5O/c1-19-7-11-10(19)5-6-20(11)14-12(21-2)4-3-9-13(14)15(16)18-8-17-9/h3-4,8,10-11H,5-7H2,1-2H3,(H2,16,17,18). The normalized spacial score (nSPS) is 25.0. The first kappa shape index (κ1) is 12.6. The van der Waals surface area contributed by atoms with E-state index in [0.29, 0.717) is 17.9 Å². The second-order valence-electron chi connectivity index (χ2n) is 5.83. The molecule has 0 saturated carbocycles. The van der Waals surface area contributed by atoms with E-state index in [1.54, 1.807) is 7.11 Å². The first-order chi connectivity index (χ1) is 10.2. The molecule has 0 amide bonds. The Morgan fingerprint density at radius 3 is 2.86 bits per heavy atom. The lowest BCUT2D eigenvalue weighted by Gasteiger charge is -2.45. The van der Waals surface area contributed by atoms with Gasteiger partial charge in [0.05, 0.1) is 29.7 Å². The maximum Gasteiger partial charge on any atom is 0.143 e. The van der Waals surface area contributed by atoms with E-state index in [2.05, 4.69) is 26.8 Å². The van der Waals surface area contributed by atoms with Crippen LogP contribution in [0.3, 0.4) is 0 Å². The Kier molecular flexibility index (Phi) is 2.68. The van der Waals surface area contributed by atoms with Gasteiger partial charge in [0.1, 0.15) is 17.9 Å². The molecule has 2 N–H and O–H groups in total. The van der Waals surface area contributed by atoms with E-state index >= 15 is 0 Å². The SMILES string of the molecule is COc1ccc2ncnc(N)c2c1N1CCC2C1CN2C. The fourth-order valence-corrected chi connectivity index (χ4v) is 3.73. The van der Waals surface area contributed by atoms with Crippen molar-refractivity contribution in [3.8, 4) is 5.75 Å². The van der Waals surface area contributed by atoms with Gasteiger partial charge in [0.25, 0.3) is 0 Å². The molecule has 2 fully saturated rings. The van der Waals surface area contributed by atoms with Crippen molar-refractivity contribution in [3.63, 3.8) is 0 Å². The van der Waals surface area contributed by atoms with Crippen LogP contribution in [0.4, 0.5) is 11.5 Å². The minimum atomic E-state index is 0.519. The van der Waals surface area contributed by atoms with Crippen molar-refractivity contribution in [3.05, 3.63) is 18.5 Å². The maximum atomic E-state index is 6.13. The molecule has 1 aromatic carbocycles. The summed E-state index contributed by atoms with van der Waals surface area (Å²) in [6.45, 7) is 2.10. The molecule has 0 spiro atoms. The molecule has 6 heteroatoms. The smallest absolute Gasteiger partial charge is 0.143 e. The number of benzene rings is 1. The third-order valence-corrected chi connectivity index (χ3v) is 4.83. The van der Waals surface area contributed by atoms with Gasteiger partial charge in [-0.25, -0.2) is 9.97 Å². The van der Waals surface area contributed by atoms with E-state index in [-0.39, 0.29) is 0 Å². The molecule has 0 radical (unpaired) electrons. The zero-order valence-corrected chi connectivity index (χ0v) is 12.3. The van der Waals surface area contributed by atoms with Gasteiger partial charge in [-0.1, -0.05) is 0 Å². The summed E-state index contributed by atoms with van der Waals surface area (Å²) in [5, 5.41) is 0.909. The van der Waals surface area contributed by atoms with Crippen LogP contribution in [-0.4, -0.2) is 54.2 Å². The van der Waals surface area contributed by atoms with Gasteiger partial charge >= 0.3 is 0 Å². The van der Waals surface area contributed by atoms with Crippen LogP contribution in [0.2, 0.25) is 0 Å². The van der Waals surface area contributed by atoms with Gasteiger partial charge in [0, 0.05) is 19.1 Å². The highest BCUT2D eigenvalue weighted by atomic mass is 16.5. The molecule has 2 unspecified atom stereocenters. The molecule has 2 aliphatic rings. The van der Waals surface area contributed by atoms with E-state index in [4.69, 9.17) is 10.5 Å². The highest BCUT2D eigenvalue weighted by molar-refractivity contribution is 6.02. The first-order valence-corrected chi connectivity index (χ1v) is 7.24. The third kappa shape index (κ3) is 1.68. The van der Waals surface area contributed by atoms with Crippen LogP contribution in [0.15, 0.2) is 18.5 Å². The number of anilines is 2. The number of fused-ring (bicyclic) bond motifs is 2. The number of likely N-dealkylation sites (N-methyl/N-ethyl adjacent to an activating group) is 1. The fourth-order valence-electron chi connectivity index (χ4n) is 3.73. The van der Waals surface area contributed by atoms with E-state index in [0.717, 1.165) is 35.4 Å². The van der Waals surface area contributed by atoms with Crippen molar-refractivity contribution >= 4 is 22.4 Å². The average molecular weight is 285 g/mol. The van der Waals surface area contributed by atoms with Gasteiger partial charge in [0.15, 0.2) is 0 Å². The summed E-state index contributed by atoms with van der Waals surface area (Å²) < 4.78 is 5.59. The Morgan fingerprint density at radius 1 is 1.29 bits per heavy atom. The molecular formula is C15H19N5O. The number of hydrogen-bond donors (Lipinski definition) is 1. The van der Waals surface area contributed by atoms with E-state index in [9.17, 15) is 0 Å². The lowest BCUT2D eigenvalue weighted by atomic mass is 9.98. The number of ether oxygens (including phenoxy) is 1. The first-order valence-electron chi connectivity index (χ1n) is 7.24. The van der Waals surface area contributed by atoms with Gasteiger partial charge in [-0.2, -0.15) is 0 Å². The van der Waals surface area contributed by atoms with Gasteiger partial charge in [-0.15, -0.1) is 0 Å². The summed E-state index contributed by atoms with van der Waals surface area (Å²) in [5.41, 5.74) is 8.05. The van der Waals surface area contributed by atoms with E-state index < -0.39 is 0 Å².